The summed E-state index contributed by atoms with van der Waals surface area (Å²) in [6, 6.07) is 13.0. The number of rotatable bonds is 13. The summed E-state index contributed by atoms with van der Waals surface area (Å²) < 4.78 is 39.3. The largest absolute Gasteiger partial charge is 0.493 e. The van der Waals surface area contributed by atoms with Crippen molar-refractivity contribution in [1.29, 1.82) is 0 Å². The lowest BCUT2D eigenvalue weighted by molar-refractivity contribution is -0.118. The highest BCUT2D eigenvalue weighted by Gasteiger charge is 2.26. The SMILES string of the molecule is CCCC(NC1CCN(Cc2ccc(Oc3ccc(C(=O)O)cc3OC)cc2)CC1)C(=O)Nc1cc(C(N)=O)c(F)cc1F. The summed E-state index contributed by atoms with van der Waals surface area (Å²) >= 11 is 0. The Bertz CT molecular complexity index is 1490. The molecular formula is C32H36F2N4O6. The van der Waals surface area contributed by atoms with Gasteiger partial charge < -0.3 is 30.9 Å². The van der Waals surface area contributed by atoms with Crippen molar-refractivity contribution < 1.29 is 37.7 Å². The molecule has 0 spiro atoms. The van der Waals surface area contributed by atoms with E-state index in [1.807, 2.05) is 31.2 Å². The Kier molecular flexibility index (Phi) is 10.9. The fourth-order valence-electron chi connectivity index (χ4n) is 5.11. The van der Waals surface area contributed by atoms with Crippen LogP contribution in [0.15, 0.2) is 54.6 Å². The highest BCUT2D eigenvalue weighted by atomic mass is 19.1. The first kappa shape index (κ1) is 32.4. The zero-order chi connectivity index (χ0) is 31.8. The molecule has 12 heteroatoms. The Hall–Kier alpha value is -4.55. The molecule has 0 bridgehead atoms. The number of halogens is 2. The number of hydrogen-bond donors (Lipinski definition) is 4. The van der Waals surface area contributed by atoms with Crippen LogP contribution >= 0.6 is 0 Å². The number of carbonyl (C=O) groups excluding carboxylic acids is 2. The predicted molar refractivity (Wildman–Crippen MR) is 160 cm³/mol. The molecule has 1 aliphatic rings. The lowest BCUT2D eigenvalue weighted by Crippen LogP contribution is -2.50. The minimum absolute atomic E-state index is 0.0751. The van der Waals surface area contributed by atoms with Crippen molar-refractivity contribution in [3.8, 4) is 17.2 Å². The maximum Gasteiger partial charge on any atom is 0.335 e. The fraction of sp³-hybridized carbons (Fsp3) is 0.344. The van der Waals surface area contributed by atoms with Crippen molar-refractivity contribution in [3.63, 3.8) is 0 Å². The molecule has 1 unspecified atom stereocenters. The van der Waals surface area contributed by atoms with Gasteiger partial charge in [-0.15, -0.1) is 0 Å². The Labute approximate surface area is 254 Å². The second kappa shape index (κ2) is 14.8. The summed E-state index contributed by atoms with van der Waals surface area (Å²) in [5.41, 5.74) is 5.56. The predicted octanol–water partition coefficient (Wildman–Crippen LogP) is 4.92. The molecule has 0 saturated carbocycles. The number of carboxylic acids is 1. The van der Waals surface area contributed by atoms with E-state index in [1.165, 1.54) is 19.2 Å². The van der Waals surface area contributed by atoms with Crippen LogP contribution in [0.4, 0.5) is 14.5 Å². The monoisotopic (exact) mass is 610 g/mol. The van der Waals surface area contributed by atoms with Crippen LogP contribution in [0.25, 0.3) is 0 Å². The van der Waals surface area contributed by atoms with Gasteiger partial charge in [0.25, 0.3) is 5.91 Å². The van der Waals surface area contributed by atoms with Crippen LogP contribution < -0.4 is 25.8 Å². The molecule has 0 aromatic heterocycles. The molecule has 5 N–H and O–H groups in total. The van der Waals surface area contributed by atoms with Crippen LogP contribution in [0.3, 0.4) is 0 Å². The summed E-state index contributed by atoms with van der Waals surface area (Å²) in [5, 5.41) is 15.1. The maximum atomic E-state index is 14.3. The molecule has 10 nitrogen and oxygen atoms in total. The Morgan fingerprint density at radius 3 is 2.34 bits per heavy atom. The number of likely N-dealkylation sites (tertiary alicyclic amines) is 1. The number of carbonyl (C=O) groups is 3. The number of ether oxygens (including phenoxy) is 2. The Morgan fingerprint density at radius 2 is 1.73 bits per heavy atom. The molecule has 1 atom stereocenters. The highest BCUT2D eigenvalue weighted by Crippen LogP contribution is 2.32. The molecule has 44 heavy (non-hydrogen) atoms. The summed E-state index contributed by atoms with van der Waals surface area (Å²) in [6.45, 7) is 4.28. The van der Waals surface area contributed by atoms with Crippen molar-refractivity contribution in [2.24, 2.45) is 5.73 Å². The number of piperidine rings is 1. The summed E-state index contributed by atoms with van der Waals surface area (Å²) in [5.74, 6) is -3.32. The molecule has 234 valence electrons. The van der Waals surface area contributed by atoms with E-state index in [0.29, 0.717) is 36.2 Å². The van der Waals surface area contributed by atoms with Crippen molar-refractivity contribution >= 4 is 23.5 Å². The number of amides is 2. The third kappa shape index (κ3) is 8.29. The molecule has 2 amide bonds. The van der Waals surface area contributed by atoms with Crippen LogP contribution in [0.1, 0.15) is 58.9 Å². The fourth-order valence-corrected chi connectivity index (χ4v) is 5.11. The van der Waals surface area contributed by atoms with Gasteiger partial charge in [0.15, 0.2) is 11.5 Å². The van der Waals surface area contributed by atoms with Gasteiger partial charge in [-0.2, -0.15) is 0 Å². The molecule has 1 heterocycles. The summed E-state index contributed by atoms with van der Waals surface area (Å²) in [6.07, 6.45) is 2.83. The topological polar surface area (TPSA) is 143 Å². The van der Waals surface area contributed by atoms with Gasteiger partial charge in [-0.25, -0.2) is 13.6 Å². The number of nitrogens with zero attached hydrogens (tertiary/aromatic N) is 1. The molecule has 3 aromatic carbocycles. The number of nitrogens with one attached hydrogen (secondary N) is 2. The van der Waals surface area contributed by atoms with E-state index in [1.54, 1.807) is 6.07 Å². The number of benzene rings is 3. The first-order valence-corrected chi connectivity index (χ1v) is 14.3. The molecule has 1 aliphatic heterocycles. The number of methoxy groups -OCH3 is 1. The van der Waals surface area contributed by atoms with E-state index in [-0.39, 0.29) is 17.3 Å². The molecule has 1 saturated heterocycles. The first-order chi connectivity index (χ1) is 21.1. The van der Waals surface area contributed by atoms with Crippen LogP contribution in [0.2, 0.25) is 0 Å². The molecule has 0 radical (unpaired) electrons. The summed E-state index contributed by atoms with van der Waals surface area (Å²) in [7, 11) is 1.45. The normalized spacial score (nSPS) is 14.5. The van der Waals surface area contributed by atoms with Crippen LogP contribution in [-0.4, -0.2) is 60.1 Å². The third-order valence-corrected chi connectivity index (χ3v) is 7.47. The molecular weight excluding hydrogens is 574 g/mol. The van der Waals surface area contributed by atoms with E-state index in [9.17, 15) is 28.3 Å². The lowest BCUT2D eigenvalue weighted by atomic mass is 10.0. The van der Waals surface area contributed by atoms with Gasteiger partial charge in [0.05, 0.1) is 30.0 Å². The minimum atomic E-state index is -1.09. The first-order valence-electron chi connectivity index (χ1n) is 14.3. The lowest BCUT2D eigenvalue weighted by Gasteiger charge is -2.34. The smallest absolute Gasteiger partial charge is 0.335 e. The minimum Gasteiger partial charge on any atom is -0.493 e. The van der Waals surface area contributed by atoms with Crippen LogP contribution in [0, 0.1) is 11.6 Å². The van der Waals surface area contributed by atoms with Gasteiger partial charge in [0.1, 0.15) is 17.4 Å². The van der Waals surface area contributed by atoms with Gasteiger partial charge in [-0.1, -0.05) is 25.5 Å². The standard InChI is InChI=1S/C32H36F2N4O6/c1-3-4-26(31(40)37-27-16-23(30(35)39)24(33)17-25(27)34)36-21-11-13-38(14-12-21)18-19-5-8-22(9-6-19)44-28-10-7-20(32(41)42)15-29(28)43-2/h5-10,15-17,21,26,36H,3-4,11-14,18H2,1-2H3,(H2,35,39)(H,37,40)(H,41,42). The molecule has 0 aliphatic carbocycles. The quantitative estimate of drug-likeness (QED) is 0.214. The molecule has 4 rings (SSSR count). The van der Waals surface area contributed by atoms with Crippen LogP contribution in [0.5, 0.6) is 17.2 Å². The van der Waals surface area contributed by atoms with Gasteiger partial charge in [-0.05, 0) is 74.3 Å². The van der Waals surface area contributed by atoms with E-state index in [2.05, 4.69) is 15.5 Å². The second-order valence-corrected chi connectivity index (χ2v) is 10.6. The van der Waals surface area contributed by atoms with Gasteiger partial charge in [-0.3, -0.25) is 14.5 Å². The van der Waals surface area contributed by atoms with E-state index in [4.69, 9.17) is 15.2 Å². The highest BCUT2D eigenvalue weighted by molar-refractivity contribution is 5.98. The van der Waals surface area contributed by atoms with Gasteiger partial charge >= 0.3 is 5.97 Å². The third-order valence-electron chi connectivity index (χ3n) is 7.47. The second-order valence-electron chi connectivity index (χ2n) is 10.6. The zero-order valence-corrected chi connectivity index (χ0v) is 24.6. The summed E-state index contributed by atoms with van der Waals surface area (Å²) in [4.78, 5) is 38.0. The van der Waals surface area contributed by atoms with Gasteiger partial charge in [0.2, 0.25) is 5.91 Å². The average Bonchev–Trinajstić information content (AvgIpc) is 3.00. The number of aromatic carboxylic acids is 1. The number of carboxylic acid groups (broad SMARTS) is 1. The van der Waals surface area contributed by atoms with Crippen molar-refractivity contribution in [2.45, 2.75) is 51.2 Å². The average molecular weight is 611 g/mol. The van der Waals surface area contributed by atoms with Crippen molar-refractivity contribution in [2.75, 3.05) is 25.5 Å². The zero-order valence-electron chi connectivity index (χ0n) is 24.6. The maximum absolute atomic E-state index is 14.3. The number of hydrogen-bond acceptors (Lipinski definition) is 7. The van der Waals surface area contributed by atoms with Crippen molar-refractivity contribution in [3.05, 3.63) is 82.9 Å². The van der Waals surface area contributed by atoms with Crippen molar-refractivity contribution in [1.82, 2.24) is 10.2 Å². The number of nitrogens with two attached hydrogens (primary N) is 1. The van der Waals surface area contributed by atoms with E-state index in [0.717, 1.165) is 44.1 Å². The Morgan fingerprint density at radius 1 is 1.02 bits per heavy atom. The van der Waals surface area contributed by atoms with E-state index >= 15 is 0 Å². The molecule has 1 fully saturated rings. The Balaban J connectivity index is 1.29. The van der Waals surface area contributed by atoms with E-state index < -0.39 is 41.0 Å². The van der Waals surface area contributed by atoms with Crippen LogP contribution in [-0.2, 0) is 11.3 Å². The number of anilines is 1. The van der Waals surface area contributed by atoms with Gasteiger partial charge in [0, 0.05) is 18.7 Å². The number of primary amides is 1. The molecule has 3 aromatic rings.